The largest absolute Gasteiger partial charge is 0.493 e. The van der Waals surface area contributed by atoms with Gasteiger partial charge < -0.3 is 14.6 Å². The summed E-state index contributed by atoms with van der Waals surface area (Å²) < 4.78 is 11.1. The van der Waals surface area contributed by atoms with Gasteiger partial charge in [-0.3, -0.25) is 0 Å². The van der Waals surface area contributed by atoms with E-state index < -0.39 is 0 Å². The second-order valence-corrected chi connectivity index (χ2v) is 5.00. The molecule has 2 atom stereocenters. The maximum atomic E-state index is 5.67. The minimum absolute atomic E-state index is 0.0799. The van der Waals surface area contributed by atoms with Gasteiger partial charge in [-0.05, 0) is 26.0 Å². The van der Waals surface area contributed by atoms with E-state index in [-0.39, 0.29) is 12.0 Å². The molecule has 0 radical (unpaired) electrons. The molecule has 2 unspecified atom stereocenters. The Morgan fingerprint density at radius 3 is 3.10 bits per heavy atom. The number of benzene rings is 1. The van der Waals surface area contributed by atoms with Crippen LogP contribution < -0.4 is 10.1 Å². The van der Waals surface area contributed by atoms with Crippen LogP contribution in [0.15, 0.2) is 28.8 Å². The highest BCUT2D eigenvalue weighted by atomic mass is 16.5. The standard InChI is InChI=1S/C15H19N3O2/c1-3-16-10(2)15-17-14(18-20-15)12-8-9-19-13-7-5-4-6-11(12)13/h4-7,10,12,16H,3,8-9H2,1-2H3. The first-order valence-corrected chi connectivity index (χ1v) is 7.08. The second-order valence-electron chi connectivity index (χ2n) is 5.00. The zero-order valence-corrected chi connectivity index (χ0v) is 11.8. The number of para-hydroxylation sites is 1. The number of fused-ring (bicyclic) bond motifs is 1. The third kappa shape index (κ3) is 2.41. The van der Waals surface area contributed by atoms with Crippen molar-refractivity contribution in [2.24, 2.45) is 0 Å². The molecule has 1 aliphatic rings. The molecule has 0 spiro atoms. The van der Waals surface area contributed by atoms with Crippen LogP contribution in [0.2, 0.25) is 0 Å². The number of aromatic nitrogens is 2. The molecule has 5 nitrogen and oxygen atoms in total. The maximum Gasteiger partial charge on any atom is 0.243 e. The molecule has 106 valence electrons. The van der Waals surface area contributed by atoms with Gasteiger partial charge in [-0.15, -0.1) is 0 Å². The third-order valence-electron chi connectivity index (χ3n) is 3.61. The summed E-state index contributed by atoms with van der Waals surface area (Å²) in [6, 6.07) is 8.14. The van der Waals surface area contributed by atoms with Crippen molar-refractivity contribution in [1.29, 1.82) is 0 Å². The fraction of sp³-hybridized carbons (Fsp3) is 0.467. The Hall–Kier alpha value is -1.88. The van der Waals surface area contributed by atoms with Crippen molar-refractivity contribution < 1.29 is 9.26 Å². The molecule has 1 N–H and O–H groups in total. The summed E-state index contributed by atoms with van der Waals surface area (Å²) in [6.07, 6.45) is 0.881. The van der Waals surface area contributed by atoms with E-state index in [1.165, 1.54) is 0 Å². The molecule has 2 heterocycles. The number of nitrogens with one attached hydrogen (secondary N) is 1. The van der Waals surface area contributed by atoms with Gasteiger partial charge in [0.15, 0.2) is 5.82 Å². The van der Waals surface area contributed by atoms with E-state index in [2.05, 4.69) is 28.4 Å². The lowest BCUT2D eigenvalue weighted by Gasteiger charge is -2.23. The van der Waals surface area contributed by atoms with Crippen molar-refractivity contribution in [1.82, 2.24) is 15.5 Å². The molecule has 0 saturated carbocycles. The third-order valence-corrected chi connectivity index (χ3v) is 3.61. The molecular formula is C15H19N3O2. The van der Waals surface area contributed by atoms with Gasteiger partial charge >= 0.3 is 0 Å². The number of rotatable bonds is 4. The predicted octanol–water partition coefficient (Wildman–Crippen LogP) is 2.65. The lowest BCUT2D eigenvalue weighted by atomic mass is 9.92. The molecule has 0 amide bonds. The molecule has 2 aromatic rings. The summed E-state index contributed by atoms with van der Waals surface area (Å²) in [5.41, 5.74) is 1.14. The van der Waals surface area contributed by atoms with E-state index in [9.17, 15) is 0 Å². The average Bonchev–Trinajstić information content (AvgIpc) is 2.97. The zero-order valence-electron chi connectivity index (χ0n) is 11.8. The molecule has 0 fully saturated rings. The van der Waals surface area contributed by atoms with Crippen LogP contribution in [-0.2, 0) is 0 Å². The van der Waals surface area contributed by atoms with Gasteiger partial charge in [0.2, 0.25) is 5.89 Å². The Kier molecular flexibility index (Phi) is 3.69. The van der Waals surface area contributed by atoms with Crippen LogP contribution in [0.1, 0.15) is 49.5 Å². The Bertz CT molecular complexity index is 582. The summed E-state index contributed by atoms with van der Waals surface area (Å²) in [5.74, 6) is 2.48. The van der Waals surface area contributed by atoms with E-state index in [1.54, 1.807) is 0 Å². The molecule has 1 aromatic carbocycles. The molecule has 0 saturated heterocycles. The normalized spacial score (nSPS) is 19.2. The summed E-state index contributed by atoms with van der Waals surface area (Å²) in [6.45, 7) is 5.65. The minimum atomic E-state index is 0.0799. The van der Waals surface area contributed by atoms with Crippen LogP contribution in [0.4, 0.5) is 0 Å². The zero-order chi connectivity index (χ0) is 13.9. The van der Waals surface area contributed by atoms with Gasteiger partial charge in [0.05, 0.1) is 18.6 Å². The molecule has 1 aliphatic heterocycles. The quantitative estimate of drug-likeness (QED) is 0.928. The number of ether oxygens (including phenoxy) is 1. The molecule has 3 rings (SSSR count). The fourth-order valence-electron chi connectivity index (χ4n) is 2.57. The summed E-state index contributed by atoms with van der Waals surface area (Å²) in [4.78, 5) is 4.56. The van der Waals surface area contributed by atoms with Gasteiger partial charge in [-0.25, -0.2) is 0 Å². The van der Waals surface area contributed by atoms with Gasteiger partial charge in [-0.2, -0.15) is 4.98 Å². The van der Waals surface area contributed by atoms with Gasteiger partial charge in [0.1, 0.15) is 5.75 Å². The molecule has 0 bridgehead atoms. The SMILES string of the molecule is CCNC(C)c1nc(C2CCOc3ccccc32)no1. The predicted molar refractivity (Wildman–Crippen MR) is 74.8 cm³/mol. The van der Waals surface area contributed by atoms with Gasteiger partial charge in [0.25, 0.3) is 0 Å². The number of nitrogens with zero attached hydrogens (tertiary/aromatic N) is 2. The molecule has 5 heteroatoms. The van der Waals surface area contributed by atoms with Gasteiger partial charge in [0, 0.05) is 5.56 Å². The first-order valence-electron chi connectivity index (χ1n) is 7.08. The Morgan fingerprint density at radius 2 is 2.25 bits per heavy atom. The summed E-state index contributed by atoms with van der Waals surface area (Å²) in [7, 11) is 0. The van der Waals surface area contributed by atoms with E-state index >= 15 is 0 Å². The highest BCUT2D eigenvalue weighted by Gasteiger charge is 2.27. The molecule has 20 heavy (non-hydrogen) atoms. The Balaban J connectivity index is 1.87. The maximum absolute atomic E-state index is 5.67. The summed E-state index contributed by atoms with van der Waals surface area (Å²) in [5, 5.41) is 7.44. The van der Waals surface area contributed by atoms with Crippen molar-refractivity contribution in [2.45, 2.75) is 32.2 Å². The minimum Gasteiger partial charge on any atom is -0.493 e. The van der Waals surface area contributed by atoms with Crippen LogP contribution in [0, 0.1) is 0 Å². The van der Waals surface area contributed by atoms with Crippen molar-refractivity contribution in [3.05, 3.63) is 41.5 Å². The van der Waals surface area contributed by atoms with Crippen LogP contribution in [0.5, 0.6) is 5.75 Å². The van der Waals surface area contributed by atoms with Crippen LogP contribution in [0.3, 0.4) is 0 Å². The van der Waals surface area contributed by atoms with Crippen molar-refractivity contribution >= 4 is 0 Å². The monoisotopic (exact) mass is 273 g/mol. The average molecular weight is 273 g/mol. The van der Waals surface area contributed by atoms with Crippen LogP contribution in [-0.4, -0.2) is 23.3 Å². The highest BCUT2D eigenvalue weighted by molar-refractivity contribution is 5.40. The first-order chi connectivity index (χ1) is 9.79. The van der Waals surface area contributed by atoms with Crippen LogP contribution in [0.25, 0.3) is 0 Å². The Morgan fingerprint density at radius 1 is 1.40 bits per heavy atom. The second kappa shape index (κ2) is 5.63. The smallest absolute Gasteiger partial charge is 0.243 e. The van der Waals surface area contributed by atoms with E-state index in [0.29, 0.717) is 12.5 Å². The first kappa shape index (κ1) is 13.1. The highest BCUT2D eigenvalue weighted by Crippen LogP contribution is 2.36. The lowest BCUT2D eigenvalue weighted by molar-refractivity contribution is 0.271. The molecular weight excluding hydrogens is 254 g/mol. The molecule has 0 aliphatic carbocycles. The van der Waals surface area contributed by atoms with Crippen molar-refractivity contribution in [2.75, 3.05) is 13.2 Å². The van der Waals surface area contributed by atoms with E-state index in [4.69, 9.17) is 9.26 Å². The Labute approximate surface area is 118 Å². The van der Waals surface area contributed by atoms with Crippen LogP contribution >= 0.6 is 0 Å². The van der Waals surface area contributed by atoms with E-state index in [0.717, 1.165) is 30.1 Å². The molecule has 1 aromatic heterocycles. The van der Waals surface area contributed by atoms with E-state index in [1.807, 2.05) is 25.1 Å². The number of hydrogen-bond acceptors (Lipinski definition) is 5. The topological polar surface area (TPSA) is 60.2 Å². The van der Waals surface area contributed by atoms with Crippen molar-refractivity contribution in [3.8, 4) is 5.75 Å². The lowest BCUT2D eigenvalue weighted by Crippen LogP contribution is -2.19. The van der Waals surface area contributed by atoms with Gasteiger partial charge in [-0.1, -0.05) is 30.3 Å². The number of hydrogen-bond donors (Lipinski definition) is 1. The summed E-state index contributed by atoms with van der Waals surface area (Å²) >= 11 is 0. The van der Waals surface area contributed by atoms with Crippen molar-refractivity contribution in [3.63, 3.8) is 0 Å². The fourth-order valence-corrected chi connectivity index (χ4v) is 2.57.